The highest BCUT2D eigenvalue weighted by molar-refractivity contribution is 7.26. The average molecular weight is 124 g/mol. The summed E-state index contributed by atoms with van der Waals surface area (Å²) < 4.78 is 9.76. The van der Waals surface area contributed by atoms with E-state index in [4.69, 9.17) is 9.05 Å². The Balaban J connectivity index is 0. The van der Waals surface area contributed by atoms with Crippen LogP contribution in [0.3, 0.4) is 0 Å². The third-order valence-corrected chi connectivity index (χ3v) is 1.22. The van der Waals surface area contributed by atoms with Gasteiger partial charge in [0.15, 0.2) is 9.03 Å². The van der Waals surface area contributed by atoms with E-state index in [1.807, 2.05) is 13.8 Å². The SMILES string of the molecule is CCOPOCC.[HH]. The molecule has 0 N–H and O–H groups in total. The molecule has 7 heavy (non-hydrogen) atoms. The van der Waals surface area contributed by atoms with Crippen molar-refractivity contribution in [3.8, 4) is 0 Å². The van der Waals surface area contributed by atoms with Crippen molar-refractivity contribution in [2.45, 2.75) is 13.8 Å². The normalized spacial score (nSPS) is 9.43. The minimum Gasteiger partial charge on any atom is -0.337 e. The first-order valence-electron chi connectivity index (χ1n) is 2.40. The molecule has 2 nitrogen and oxygen atoms in total. The Morgan fingerprint density at radius 3 is 2.00 bits per heavy atom. The molecule has 0 aromatic rings. The first-order valence-corrected chi connectivity index (χ1v) is 3.22. The first-order chi connectivity index (χ1) is 3.41. The number of hydrogen-bond acceptors (Lipinski definition) is 2. The molecular formula is C4H13O2P. The van der Waals surface area contributed by atoms with Crippen LogP contribution in [0.5, 0.6) is 0 Å². The number of rotatable bonds is 4. The van der Waals surface area contributed by atoms with Crippen molar-refractivity contribution < 1.29 is 10.5 Å². The van der Waals surface area contributed by atoms with Crippen molar-refractivity contribution >= 4 is 9.03 Å². The van der Waals surface area contributed by atoms with Crippen LogP contribution in [-0.4, -0.2) is 13.2 Å². The zero-order chi connectivity index (χ0) is 5.54. The van der Waals surface area contributed by atoms with Crippen molar-refractivity contribution in [3.63, 3.8) is 0 Å². The molecule has 0 saturated carbocycles. The van der Waals surface area contributed by atoms with E-state index in [1.54, 1.807) is 0 Å². The Bertz CT molecular complexity index is 33.2. The van der Waals surface area contributed by atoms with E-state index in [0.29, 0.717) is 0 Å². The minimum atomic E-state index is 0. The van der Waals surface area contributed by atoms with E-state index in [9.17, 15) is 0 Å². The van der Waals surface area contributed by atoms with Crippen molar-refractivity contribution in [1.82, 2.24) is 0 Å². The highest BCUT2D eigenvalue weighted by Gasteiger charge is 1.77. The lowest BCUT2D eigenvalue weighted by atomic mass is 10.9. The lowest BCUT2D eigenvalue weighted by molar-refractivity contribution is 0.288. The molecule has 0 aromatic heterocycles. The van der Waals surface area contributed by atoms with Crippen LogP contribution in [0.25, 0.3) is 0 Å². The fourth-order valence-corrected chi connectivity index (χ4v) is 0.479. The summed E-state index contributed by atoms with van der Waals surface area (Å²) in [7, 11) is 0.232. The van der Waals surface area contributed by atoms with Gasteiger partial charge in [0.05, 0.1) is 13.2 Å². The molecule has 0 radical (unpaired) electrons. The Kier molecular flexibility index (Phi) is 6.67. The summed E-state index contributed by atoms with van der Waals surface area (Å²) in [4.78, 5) is 0. The van der Waals surface area contributed by atoms with Crippen LogP contribution in [0.15, 0.2) is 0 Å². The van der Waals surface area contributed by atoms with Crippen molar-refractivity contribution in [2.24, 2.45) is 0 Å². The van der Waals surface area contributed by atoms with Gasteiger partial charge in [-0.05, 0) is 13.8 Å². The van der Waals surface area contributed by atoms with Gasteiger partial charge >= 0.3 is 0 Å². The lowest BCUT2D eigenvalue weighted by Gasteiger charge is -1.96. The summed E-state index contributed by atoms with van der Waals surface area (Å²) in [5, 5.41) is 0. The van der Waals surface area contributed by atoms with Gasteiger partial charge in [0, 0.05) is 1.43 Å². The van der Waals surface area contributed by atoms with Gasteiger partial charge in [-0.3, -0.25) is 0 Å². The largest absolute Gasteiger partial charge is 0.337 e. The van der Waals surface area contributed by atoms with Gasteiger partial charge in [-0.15, -0.1) is 0 Å². The Morgan fingerprint density at radius 1 is 1.29 bits per heavy atom. The van der Waals surface area contributed by atoms with Crippen LogP contribution in [-0.2, 0) is 9.05 Å². The van der Waals surface area contributed by atoms with Crippen LogP contribution in [0.2, 0.25) is 0 Å². The third kappa shape index (κ3) is 6.35. The van der Waals surface area contributed by atoms with Gasteiger partial charge in [0.2, 0.25) is 0 Å². The van der Waals surface area contributed by atoms with Crippen molar-refractivity contribution in [2.75, 3.05) is 13.2 Å². The highest BCUT2D eigenvalue weighted by Crippen LogP contribution is 2.10. The third-order valence-electron chi connectivity index (χ3n) is 0.407. The summed E-state index contributed by atoms with van der Waals surface area (Å²) >= 11 is 0. The van der Waals surface area contributed by atoms with E-state index < -0.39 is 0 Å². The smallest absolute Gasteiger partial charge is 0.155 e. The molecule has 0 unspecified atom stereocenters. The molecule has 0 aliphatic carbocycles. The maximum Gasteiger partial charge on any atom is 0.155 e. The molecule has 0 atom stereocenters. The zero-order valence-electron chi connectivity index (χ0n) is 4.73. The fraction of sp³-hybridized carbons (Fsp3) is 1.00. The molecule has 3 heteroatoms. The Morgan fingerprint density at radius 2 is 1.71 bits per heavy atom. The van der Waals surface area contributed by atoms with Crippen LogP contribution >= 0.6 is 9.03 Å². The highest BCUT2D eigenvalue weighted by atomic mass is 31.1. The molecular weight excluding hydrogens is 111 g/mol. The molecule has 0 amide bonds. The summed E-state index contributed by atoms with van der Waals surface area (Å²) in [6, 6.07) is 0. The minimum absolute atomic E-state index is 0. The van der Waals surface area contributed by atoms with E-state index in [-0.39, 0.29) is 10.5 Å². The van der Waals surface area contributed by atoms with Gasteiger partial charge in [-0.2, -0.15) is 0 Å². The molecule has 0 rings (SSSR count). The van der Waals surface area contributed by atoms with Gasteiger partial charge in [-0.1, -0.05) is 0 Å². The fourth-order valence-electron chi connectivity index (χ4n) is 0.160. The topological polar surface area (TPSA) is 18.5 Å². The van der Waals surface area contributed by atoms with Crippen molar-refractivity contribution in [1.29, 1.82) is 0 Å². The molecule has 0 bridgehead atoms. The first kappa shape index (κ1) is 7.35. The summed E-state index contributed by atoms with van der Waals surface area (Å²) in [6.07, 6.45) is 0. The molecule has 0 spiro atoms. The van der Waals surface area contributed by atoms with E-state index in [0.717, 1.165) is 13.2 Å². The van der Waals surface area contributed by atoms with Crippen molar-refractivity contribution in [3.05, 3.63) is 0 Å². The van der Waals surface area contributed by atoms with Crippen LogP contribution < -0.4 is 0 Å². The average Bonchev–Trinajstić information content (AvgIpc) is 1.69. The molecule has 0 aromatic carbocycles. The number of hydrogen-bond donors (Lipinski definition) is 0. The molecule has 46 valence electrons. The van der Waals surface area contributed by atoms with Crippen LogP contribution in [0.4, 0.5) is 0 Å². The predicted octanol–water partition coefficient (Wildman–Crippen LogP) is 1.81. The second-order valence-corrected chi connectivity index (χ2v) is 1.69. The molecule has 0 heterocycles. The quantitative estimate of drug-likeness (QED) is 0.420. The van der Waals surface area contributed by atoms with Gasteiger partial charge in [-0.25, -0.2) is 0 Å². The second-order valence-electron chi connectivity index (χ2n) is 0.949. The molecule has 0 fully saturated rings. The predicted molar refractivity (Wildman–Crippen MR) is 33.7 cm³/mol. The second kappa shape index (κ2) is 6.35. The van der Waals surface area contributed by atoms with E-state index in [2.05, 4.69) is 0 Å². The maximum absolute atomic E-state index is 4.88. The van der Waals surface area contributed by atoms with Gasteiger partial charge < -0.3 is 9.05 Å². The zero-order valence-corrected chi connectivity index (χ0v) is 5.73. The van der Waals surface area contributed by atoms with E-state index >= 15 is 0 Å². The molecule has 0 saturated heterocycles. The van der Waals surface area contributed by atoms with Gasteiger partial charge in [0.25, 0.3) is 0 Å². The monoisotopic (exact) mass is 124 g/mol. The van der Waals surface area contributed by atoms with Crippen LogP contribution in [0.1, 0.15) is 15.3 Å². The lowest BCUT2D eigenvalue weighted by Crippen LogP contribution is -1.78. The van der Waals surface area contributed by atoms with E-state index in [1.165, 1.54) is 0 Å². The Labute approximate surface area is 47.6 Å². The summed E-state index contributed by atoms with van der Waals surface area (Å²) in [6.45, 7) is 5.40. The summed E-state index contributed by atoms with van der Waals surface area (Å²) in [5.74, 6) is 0. The molecule has 0 aliphatic rings. The maximum atomic E-state index is 4.88. The van der Waals surface area contributed by atoms with Gasteiger partial charge in [0.1, 0.15) is 0 Å². The molecule has 0 aliphatic heterocycles. The summed E-state index contributed by atoms with van der Waals surface area (Å²) in [5.41, 5.74) is 0. The standard InChI is InChI=1S/C4H11O2P.H2/c1-3-5-7-6-4-2;/h7H,3-4H2,1-2H3;1H. The van der Waals surface area contributed by atoms with Crippen LogP contribution in [0, 0.1) is 0 Å². The Hall–Kier alpha value is 0.350.